The third kappa shape index (κ3) is 4.75. The molecule has 0 amide bonds. The van der Waals surface area contributed by atoms with Crippen molar-refractivity contribution >= 4 is 29.1 Å². The zero-order valence-electron chi connectivity index (χ0n) is 15.1. The van der Waals surface area contributed by atoms with Gasteiger partial charge in [0.1, 0.15) is 24.3 Å². The lowest BCUT2D eigenvalue weighted by molar-refractivity contribution is -0.384. The molecule has 0 radical (unpaired) electrons. The number of aliphatic hydroxyl groups excluding tert-OH is 1. The van der Waals surface area contributed by atoms with Gasteiger partial charge in [0.15, 0.2) is 0 Å². The molecule has 0 bridgehead atoms. The van der Waals surface area contributed by atoms with Crippen LogP contribution in [0.2, 0.25) is 0 Å². The molecular weight excluding hydrogens is 370 g/mol. The van der Waals surface area contributed by atoms with Crippen molar-refractivity contribution in [3.63, 3.8) is 0 Å². The molecule has 1 heterocycles. The van der Waals surface area contributed by atoms with Crippen LogP contribution >= 0.6 is 12.4 Å². The lowest BCUT2D eigenvalue weighted by Crippen LogP contribution is -2.24. The van der Waals surface area contributed by atoms with Crippen molar-refractivity contribution in [1.82, 2.24) is 9.55 Å². The summed E-state index contributed by atoms with van der Waals surface area (Å²) < 4.78 is 7.58. The molecule has 0 aliphatic heterocycles. The predicted molar refractivity (Wildman–Crippen MR) is 106 cm³/mol. The number of fused-ring (bicyclic) bond motifs is 1. The van der Waals surface area contributed by atoms with Gasteiger partial charge in [-0.05, 0) is 24.3 Å². The first-order valence-corrected chi connectivity index (χ1v) is 8.46. The summed E-state index contributed by atoms with van der Waals surface area (Å²) in [6.07, 6.45) is -0.736. The van der Waals surface area contributed by atoms with Gasteiger partial charge in [-0.2, -0.15) is 0 Å². The monoisotopic (exact) mass is 391 g/mol. The van der Waals surface area contributed by atoms with Gasteiger partial charge in [0, 0.05) is 18.1 Å². The average molecular weight is 392 g/mol. The summed E-state index contributed by atoms with van der Waals surface area (Å²) in [7, 11) is 0. The number of nitro groups is 1. The van der Waals surface area contributed by atoms with E-state index in [1.54, 1.807) is 0 Å². The Kier molecular flexibility index (Phi) is 6.76. The molecule has 0 aliphatic carbocycles. The highest BCUT2D eigenvalue weighted by molar-refractivity contribution is 5.85. The van der Waals surface area contributed by atoms with Crippen LogP contribution in [0.15, 0.2) is 48.5 Å². The van der Waals surface area contributed by atoms with Gasteiger partial charge in [-0.1, -0.05) is 26.0 Å². The van der Waals surface area contributed by atoms with E-state index in [9.17, 15) is 15.2 Å². The van der Waals surface area contributed by atoms with E-state index >= 15 is 0 Å². The maximum atomic E-state index is 10.7. The summed E-state index contributed by atoms with van der Waals surface area (Å²) in [5.74, 6) is 1.62. The first-order valence-electron chi connectivity index (χ1n) is 8.46. The Morgan fingerprint density at radius 1 is 1.19 bits per heavy atom. The van der Waals surface area contributed by atoms with Crippen LogP contribution in [0.25, 0.3) is 11.0 Å². The van der Waals surface area contributed by atoms with E-state index in [4.69, 9.17) is 4.74 Å². The number of para-hydroxylation sites is 2. The van der Waals surface area contributed by atoms with Crippen LogP contribution in [0.1, 0.15) is 25.6 Å². The minimum Gasteiger partial charge on any atom is -0.491 e. The van der Waals surface area contributed by atoms with Gasteiger partial charge >= 0.3 is 0 Å². The van der Waals surface area contributed by atoms with E-state index in [2.05, 4.69) is 18.8 Å². The van der Waals surface area contributed by atoms with Crippen LogP contribution in [0.4, 0.5) is 5.69 Å². The molecular formula is C19H22ClN3O4. The summed E-state index contributed by atoms with van der Waals surface area (Å²) in [5, 5.41) is 21.1. The molecule has 0 fully saturated rings. The number of hydrogen-bond acceptors (Lipinski definition) is 5. The topological polar surface area (TPSA) is 90.4 Å². The molecule has 3 rings (SSSR count). The number of rotatable bonds is 7. The minimum atomic E-state index is -0.736. The summed E-state index contributed by atoms with van der Waals surface area (Å²) >= 11 is 0. The van der Waals surface area contributed by atoms with E-state index in [1.165, 1.54) is 24.3 Å². The Hall–Kier alpha value is -2.64. The van der Waals surface area contributed by atoms with Crippen molar-refractivity contribution in [1.29, 1.82) is 0 Å². The smallest absolute Gasteiger partial charge is 0.269 e. The number of aliphatic hydroxyl groups is 1. The van der Waals surface area contributed by atoms with Crippen molar-refractivity contribution in [3.8, 4) is 5.75 Å². The van der Waals surface area contributed by atoms with E-state index in [-0.39, 0.29) is 30.6 Å². The number of nitrogens with zero attached hydrogens (tertiary/aromatic N) is 3. The van der Waals surface area contributed by atoms with Crippen LogP contribution in [-0.4, -0.2) is 32.3 Å². The number of ether oxygens (including phenoxy) is 1. The fraction of sp³-hybridized carbons (Fsp3) is 0.316. The van der Waals surface area contributed by atoms with E-state index < -0.39 is 11.0 Å². The second kappa shape index (κ2) is 8.83. The number of imidazole rings is 1. The fourth-order valence-corrected chi connectivity index (χ4v) is 2.85. The van der Waals surface area contributed by atoms with Gasteiger partial charge in [0.25, 0.3) is 5.69 Å². The van der Waals surface area contributed by atoms with E-state index in [0.29, 0.717) is 12.3 Å². The Morgan fingerprint density at radius 2 is 1.85 bits per heavy atom. The molecule has 0 spiro atoms. The van der Waals surface area contributed by atoms with Gasteiger partial charge in [-0.3, -0.25) is 10.1 Å². The molecule has 7 nitrogen and oxygen atoms in total. The molecule has 2 aromatic carbocycles. The zero-order chi connectivity index (χ0) is 18.7. The predicted octanol–water partition coefficient (Wildman–Crippen LogP) is 3.93. The molecule has 1 atom stereocenters. The Labute approximate surface area is 163 Å². The fourth-order valence-electron chi connectivity index (χ4n) is 2.85. The first-order chi connectivity index (χ1) is 12.5. The van der Waals surface area contributed by atoms with Crippen LogP contribution in [0.3, 0.4) is 0 Å². The van der Waals surface area contributed by atoms with E-state index in [1.807, 2.05) is 28.8 Å². The Bertz CT molecular complexity index is 909. The molecule has 0 saturated heterocycles. The third-order valence-electron chi connectivity index (χ3n) is 4.08. The van der Waals surface area contributed by atoms with Gasteiger partial charge in [-0.15, -0.1) is 12.4 Å². The molecule has 3 aromatic rings. The lowest BCUT2D eigenvalue weighted by Gasteiger charge is -2.16. The van der Waals surface area contributed by atoms with Gasteiger partial charge in [-0.25, -0.2) is 4.98 Å². The van der Waals surface area contributed by atoms with Crippen molar-refractivity contribution in [2.24, 2.45) is 0 Å². The second-order valence-electron chi connectivity index (χ2n) is 6.44. The van der Waals surface area contributed by atoms with Gasteiger partial charge < -0.3 is 14.4 Å². The van der Waals surface area contributed by atoms with Crippen molar-refractivity contribution in [3.05, 3.63) is 64.5 Å². The molecule has 27 heavy (non-hydrogen) atoms. The number of non-ortho nitro benzene ring substituents is 1. The van der Waals surface area contributed by atoms with Crippen molar-refractivity contribution < 1.29 is 14.8 Å². The molecule has 0 aliphatic rings. The highest BCUT2D eigenvalue weighted by atomic mass is 35.5. The SMILES string of the molecule is CC(C)c1nc2ccccc2n1CC(O)COc1ccc([N+](=O)[O-])cc1.Cl. The minimum absolute atomic E-state index is 0. The number of benzene rings is 2. The van der Waals surface area contributed by atoms with Crippen LogP contribution in [0.5, 0.6) is 5.75 Å². The first kappa shape index (κ1) is 20.7. The molecule has 1 unspecified atom stereocenters. The van der Waals surface area contributed by atoms with Crippen LogP contribution in [0, 0.1) is 10.1 Å². The maximum Gasteiger partial charge on any atom is 0.269 e. The number of halogens is 1. The van der Waals surface area contributed by atoms with Crippen molar-refractivity contribution in [2.45, 2.75) is 32.4 Å². The van der Waals surface area contributed by atoms with Crippen LogP contribution < -0.4 is 4.74 Å². The van der Waals surface area contributed by atoms with Crippen molar-refractivity contribution in [2.75, 3.05) is 6.61 Å². The molecule has 1 N–H and O–H groups in total. The standard InChI is InChI=1S/C19H21N3O4.ClH/c1-13(2)19-20-17-5-3-4-6-18(17)21(19)11-15(23)12-26-16-9-7-14(8-10-16)22(24)25;/h3-10,13,15,23H,11-12H2,1-2H3;1H. The average Bonchev–Trinajstić information content (AvgIpc) is 2.99. The Morgan fingerprint density at radius 3 is 2.48 bits per heavy atom. The third-order valence-corrected chi connectivity index (χ3v) is 4.08. The molecule has 1 aromatic heterocycles. The van der Waals surface area contributed by atoms with E-state index in [0.717, 1.165) is 16.9 Å². The summed E-state index contributed by atoms with van der Waals surface area (Å²) in [6, 6.07) is 13.6. The van der Waals surface area contributed by atoms with Crippen LogP contribution in [-0.2, 0) is 6.54 Å². The summed E-state index contributed by atoms with van der Waals surface area (Å²) in [6.45, 7) is 4.58. The zero-order valence-corrected chi connectivity index (χ0v) is 15.9. The molecule has 0 saturated carbocycles. The van der Waals surface area contributed by atoms with Gasteiger partial charge in [0.2, 0.25) is 0 Å². The quantitative estimate of drug-likeness (QED) is 0.486. The molecule has 144 valence electrons. The number of aromatic nitrogens is 2. The summed E-state index contributed by atoms with van der Waals surface area (Å²) in [4.78, 5) is 14.9. The number of nitro benzene ring substituents is 1. The normalized spacial score (nSPS) is 12.0. The summed E-state index contributed by atoms with van der Waals surface area (Å²) in [5.41, 5.74) is 1.88. The second-order valence-corrected chi connectivity index (χ2v) is 6.44. The Balaban J connectivity index is 0.00000261. The maximum absolute atomic E-state index is 10.7. The van der Waals surface area contributed by atoms with Gasteiger partial charge in [0.05, 0.1) is 22.5 Å². The lowest BCUT2D eigenvalue weighted by atomic mass is 10.2. The highest BCUT2D eigenvalue weighted by Gasteiger charge is 2.17. The highest BCUT2D eigenvalue weighted by Crippen LogP contribution is 2.22. The largest absolute Gasteiger partial charge is 0.491 e. The number of hydrogen-bond donors (Lipinski definition) is 1. The molecule has 8 heteroatoms.